The maximum Gasteiger partial charge on any atom is 0.225 e. The lowest BCUT2D eigenvalue weighted by molar-refractivity contribution is -0.120. The molecular weight excluding hydrogens is 186 g/mol. The fraction of sp³-hybridized carbons (Fsp3) is 0.500. The molecule has 0 fully saturated rings. The van der Waals surface area contributed by atoms with Crippen LogP contribution in [0.2, 0.25) is 0 Å². The van der Waals surface area contributed by atoms with Gasteiger partial charge in [-0.3, -0.25) is 9.79 Å². The minimum absolute atomic E-state index is 0.0556. The van der Waals surface area contributed by atoms with Crippen molar-refractivity contribution in [2.24, 2.45) is 4.99 Å². The molecule has 0 atom stereocenters. The Balaban J connectivity index is 2.01. The second-order valence-corrected chi connectivity index (χ2v) is 3.73. The molecule has 2 rings (SSSR count). The van der Waals surface area contributed by atoms with Crippen molar-refractivity contribution >= 4 is 22.8 Å². The van der Waals surface area contributed by atoms with E-state index in [2.05, 4.69) is 15.2 Å². The number of nitrogens with one attached hydrogen (secondary N) is 1. The van der Waals surface area contributed by atoms with Gasteiger partial charge in [-0.25, -0.2) is 0 Å². The first-order valence-electron chi connectivity index (χ1n) is 4.19. The number of rotatable bonds is 2. The molecule has 5 heteroatoms. The Morgan fingerprint density at radius 1 is 1.85 bits per heavy atom. The van der Waals surface area contributed by atoms with Crippen LogP contribution in [-0.2, 0) is 4.79 Å². The first-order valence-corrected chi connectivity index (χ1v) is 5.07. The van der Waals surface area contributed by atoms with Gasteiger partial charge in [-0.05, 0) is 5.41 Å². The second kappa shape index (κ2) is 3.41. The number of nitrogens with zero attached hydrogens (tertiary/aromatic N) is 2. The molecule has 2 aliphatic rings. The van der Waals surface area contributed by atoms with E-state index in [4.69, 9.17) is 0 Å². The van der Waals surface area contributed by atoms with E-state index in [1.165, 1.54) is 0 Å². The maximum absolute atomic E-state index is 11.1. The molecule has 2 aliphatic heterocycles. The number of hydrogen-bond acceptors (Lipinski definition) is 4. The standard InChI is InChI=1S/C8H11N3OS/c1-9-7(12)4-6-5-13-8-10-2-3-11(6)8/h5H,2-4H2,1H3,(H,9,12). The molecule has 0 aromatic carbocycles. The predicted octanol–water partition coefficient (Wildman–Crippen LogP) is 0.382. The summed E-state index contributed by atoms with van der Waals surface area (Å²) in [4.78, 5) is 17.5. The minimum atomic E-state index is 0.0556. The van der Waals surface area contributed by atoms with Gasteiger partial charge in [-0.1, -0.05) is 11.8 Å². The Kier molecular flexibility index (Phi) is 2.26. The van der Waals surface area contributed by atoms with Gasteiger partial charge >= 0.3 is 0 Å². The van der Waals surface area contributed by atoms with Crippen LogP contribution in [0.4, 0.5) is 0 Å². The number of carbonyl (C=O) groups excluding carboxylic acids is 1. The van der Waals surface area contributed by atoms with Crippen LogP contribution in [0.1, 0.15) is 6.42 Å². The third kappa shape index (κ3) is 1.56. The lowest BCUT2D eigenvalue weighted by Crippen LogP contribution is -2.26. The van der Waals surface area contributed by atoms with Crippen molar-refractivity contribution in [3.05, 3.63) is 11.1 Å². The monoisotopic (exact) mass is 197 g/mol. The van der Waals surface area contributed by atoms with Crippen molar-refractivity contribution in [1.29, 1.82) is 0 Å². The van der Waals surface area contributed by atoms with Crippen molar-refractivity contribution in [3.8, 4) is 0 Å². The summed E-state index contributed by atoms with van der Waals surface area (Å²) in [6.07, 6.45) is 0.461. The van der Waals surface area contributed by atoms with Crippen LogP contribution in [-0.4, -0.2) is 36.1 Å². The topological polar surface area (TPSA) is 44.7 Å². The van der Waals surface area contributed by atoms with Crippen LogP contribution < -0.4 is 5.32 Å². The van der Waals surface area contributed by atoms with E-state index in [-0.39, 0.29) is 5.91 Å². The average Bonchev–Trinajstić information content (AvgIpc) is 2.69. The first kappa shape index (κ1) is 8.62. The Labute approximate surface area is 81.1 Å². The summed E-state index contributed by atoms with van der Waals surface area (Å²) in [5.41, 5.74) is 1.07. The molecule has 70 valence electrons. The molecule has 0 saturated carbocycles. The molecular formula is C8H11N3OS. The molecule has 0 aromatic rings. The van der Waals surface area contributed by atoms with Gasteiger partial charge in [-0.15, -0.1) is 0 Å². The Bertz CT molecular complexity index is 298. The van der Waals surface area contributed by atoms with Gasteiger partial charge in [0.25, 0.3) is 0 Å². The average molecular weight is 197 g/mol. The zero-order chi connectivity index (χ0) is 9.26. The van der Waals surface area contributed by atoms with Crippen LogP contribution in [0.5, 0.6) is 0 Å². The van der Waals surface area contributed by atoms with Crippen molar-refractivity contribution < 1.29 is 4.79 Å². The van der Waals surface area contributed by atoms with Crippen LogP contribution in [0.25, 0.3) is 0 Å². The summed E-state index contributed by atoms with van der Waals surface area (Å²) in [7, 11) is 1.66. The highest BCUT2D eigenvalue weighted by Crippen LogP contribution is 2.30. The molecule has 0 radical (unpaired) electrons. The lowest BCUT2D eigenvalue weighted by atomic mass is 10.3. The Hall–Kier alpha value is -0.970. The number of amides is 1. The van der Waals surface area contributed by atoms with Crippen LogP contribution >= 0.6 is 11.8 Å². The van der Waals surface area contributed by atoms with E-state index in [0.717, 1.165) is 24.0 Å². The van der Waals surface area contributed by atoms with E-state index in [1.54, 1.807) is 18.8 Å². The van der Waals surface area contributed by atoms with Crippen molar-refractivity contribution in [2.75, 3.05) is 20.1 Å². The third-order valence-electron chi connectivity index (χ3n) is 2.07. The summed E-state index contributed by atoms with van der Waals surface area (Å²) < 4.78 is 0. The molecule has 2 heterocycles. The highest BCUT2D eigenvalue weighted by Gasteiger charge is 2.26. The van der Waals surface area contributed by atoms with Gasteiger partial charge < -0.3 is 10.2 Å². The number of fused-ring (bicyclic) bond motifs is 1. The SMILES string of the molecule is CNC(=O)CC1=CSC2=NCCN12. The van der Waals surface area contributed by atoms with Crippen LogP contribution in [0.3, 0.4) is 0 Å². The molecule has 1 amide bonds. The molecule has 13 heavy (non-hydrogen) atoms. The van der Waals surface area contributed by atoms with Crippen molar-refractivity contribution in [3.63, 3.8) is 0 Å². The zero-order valence-electron chi connectivity index (χ0n) is 7.41. The second-order valence-electron chi connectivity index (χ2n) is 2.89. The highest BCUT2D eigenvalue weighted by molar-refractivity contribution is 8.16. The van der Waals surface area contributed by atoms with Crippen LogP contribution in [0, 0.1) is 0 Å². The number of thioether (sulfide) groups is 1. The maximum atomic E-state index is 11.1. The molecule has 0 bridgehead atoms. The number of amidine groups is 1. The summed E-state index contributed by atoms with van der Waals surface area (Å²) >= 11 is 1.61. The van der Waals surface area contributed by atoms with Gasteiger partial charge in [0.1, 0.15) is 0 Å². The minimum Gasteiger partial charge on any atom is -0.359 e. The van der Waals surface area contributed by atoms with Crippen molar-refractivity contribution in [2.45, 2.75) is 6.42 Å². The molecule has 0 unspecified atom stereocenters. The van der Waals surface area contributed by atoms with Crippen LogP contribution in [0.15, 0.2) is 16.1 Å². The van der Waals surface area contributed by atoms with Gasteiger partial charge in [-0.2, -0.15) is 0 Å². The normalized spacial score (nSPS) is 19.6. The largest absolute Gasteiger partial charge is 0.359 e. The fourth-order valence-electron chi connectivity index (χ4n) is 1.37. The molecule has 4 nitrogen and oxygen atoms in total. The van der Waals surface area contributed by atoms with E-state index < -0.39 is 0 Å². The summed E-state index contributed by atoms with van der Waals surface area (Å²) in [6.45, 7) is 1.78. The van der Waals surface area contributed by atoms with Gasteiger partial charge in [0.15, 0.2) is 5.17 Å². The van der Waals surface area contributed by atoms with Gasteiger partial charge in [0.2, 0.25) is 5.91 Å². The number of carbonyl (C=O) groups is 1. The molecule has 1 N–H and O–H groups in total. The summed E-state index contributed by atoms with van der Waals surface area (Å²) in [5.74, 6) is 0.0556. The van der Waals surface area contributed by atoms with Crippen molar-refractivity contribution in [1.82, 2.24) is 10.2 Å². The van der Waals surface area contributed by atoms with Gasteiger partial charge in [0.05, 0.1) is 13.0 Å². The third-order valence-corrected chi connectivity index (χ3v) is 3.02. The van der Waals surface area contributed by atoms with E-state index in [9.17, 15) is 4.79 Å². The first-order chi connectivity index (χ1) is 6.31. The quantitative estimate of drug-likeness (QED) is 0.696. The molecule has 0 aliphatic carbocycles. The van der Waals surface area contributed by atoms with Gasteiger partial charge in [0, 0.05) is 19.3 Å². The number of aliphatic imine (C=N–C) groups is 1. The number of hydrogen-bond donors (Lipinski definition) is 1. The molecule has 0 aromatic heterocycles. The Morgan fingerprint density at radius 3 is 3.46 bits per heavy atom. The summed E-state index contributed by atoms with van der Waals surface area (Å²) in [6, 6.07) is 0. The highest BCUT2D eigenvalue weighted by atomic mass is 32.2. The smallest absolute Gasteiger partial charge is 0.225 e. The molecule has 0 spiro atoms. The van der Waals surface area contributed by atoms with E-state index in [0.29, 0.717) is 6.42 Å². The predicted molar refractivity (Wildman–Crippen MR) is 53.4 cm³/mol. The summed E-state index contributed by atoms with van der Waals surface area (Å²) in [5, 5.41) is 5.66. The Morgan fingerprint density at radius 2 is 2.69 bits per heavy atom. The van der Waals surface area contributed by atoms with E-state index >= 15 is 0 Å². The molecule has 0 saturated heterocycles. The fourth-order valence-corrected chi connectivity index (χ4v) is 2.32. The lowest BCUT2D eigenvalue weighted by Gasteiger charge is -2.15. The zero-order valence-corrected chi connectivity index (χ0v) is 8.23. The van der Waals surface area contributed by atoms with E-state index in [1.807, 2.05) is 5.41 Å².